The van der Waals surface area contributed by atoms with Gasteiger partial charge in [-0.05, 0) is 89.7 Å². The molecule has 338 valence electrons. The zero-order valence-corrected chi connectivity index (χ0v) is 39.2. The Kier molecular flexibility index (Phi) is 14.3. The maximum absolute atomic E-state index is 14.3. The predicted molar refractivity (Wildman–Crippen MR) is 240 cm³/mol. The normalized spacial score (nSPS) is 21.4. The number of nitrogens with one attached hydrogen (secondary N) is 1. The number of anilines is 1. The molecule has 3 aliphatic heterocycles. The molecule has 0 aromatic heterocycles. The highest BCUT2D eigenvalue weighted by Crippen LogP contribution is 2.57. The molecule has 2 aromatic carbocycles. The Morgan fingerprint density at radius 1 is 0.968 bits per heavy atom. The van der Waals surface area contributed by atoms with Crippen LogP contribution in [-0.2, 0) is 32.1 Å². The van der Waals surface area contributed by atoms with Gasteiger partial charge in [0.05, 0.1) is 23.3 Å². The summed E-state index contributed by atoms with van der Waals surface area (Å²) >= 11 is 0. The standard InChI is InChI=1S/C48H68N4O9Si/c1-11-22-59-46(57)50-21-13-14-37(50)43(54)49-42(32(9)12-2)40(53)24-34-15-17-35(18-16-34)27-60-47(58)52-38-25-41(61-62(29(3)4,30(5)6)31(7)8)33(10)23-36(38)44(55)51-28-48(19-20-48)26-39(51)45(52)56/h11,15-18,23,25,29-32,37,39,42,45,56H,1,12-14,19-22,24,26-28H2,2-10H3,(H,49,54)/t32-,37-,39-,42-,45?/m0/s1. The number of fused-ring (bicyclic) bond motifs is 2. The third-order valence-corrected chi connectivity index (χ3v) is 20.1. The van der Waals surface area contributed by atoms with Gasteiger partial charge in [-0.3, -0.25) is 19.3 Å². The van der Waals surface area contributed by atoms with Gasteiger partial charge in [-0.15, -0.1) is 0 Å². The Bertz CT molecular complexity index is 1990. The molecule has 1 aliphatic carbocycles. The first-order valence-corrected chi connectivity index (χ1v) is 24.8. The summed E-state index contributed by atoms with van der Waals surface area (Å²) in [5.74, 6) is -0.280. The first kappa shape index (κ1) is 46.8. The second-order valence-corrected chi connectivity index (χ2v) is 24.5. The SMILES string of the molecule is C=CCOC(=O)N1CCC[C@H]1C(=O)N[C@H](C(=O)Cc1ccc(COC(=O)N2c3cc(O[Si](C(C)C)(C(C)C)C(C)C)c(C)cc3C(=O)N3CC4(CC4)C[C@H]3C2O)cc1)[C@@H](C)CC. The van der Waals surface area contributed by atoms with Gasteiger partial charge in [0.1, 0.15) is 25.0 Å². The number of likely N-dealkylation sites (tertiary alicyclic amines) is 1. The van der Waals surface area contributed by atoms with E-state index in [1.165, 1.54) is 15.9 Å². The van der Waals surface area contributed by atoms with Crippen LogP contribution in [0.15, 0.2) is 49.1 Å². The topological polar surface area (TPSA) is 155 Å². The van der Waals surface area contributed by atoms with Crippen LogP contribution in [-0.4, -0.2) is 97.1 Å². The van der Waals surface area contributed by atoms with Crippen molar-refractivity contribution in [3.63, 3.8) is 0 Å². The van der Waals surface area contributed by atoms with Crippen molar-refractivity contribution in [3.8, 4) is 5.75 Å². The molecule has 3 heterocycles. The molecule has 4 aliphatic rings. The lowest BCUT2D eigenvalue weighted by Crippen LogP contribution is -2.53. The second kappa shape index (κ2) is 19.0. The van der Waals surface area contributed by atoms with Crippen LogP contribution in [0.3, 0.4) is 0 Å². The number of Topliss-reactive ketones (excluding diaryl/α,β-unsaturated/α-hetero) is 1. The highest BCUT2D eigenvalue weighted by atomic mass is 28.4. The summed E-state index contributed by atoms with van der Waals surface area (Å²) in [5.41, 5.74) is 3.64. The molecule has 5 atom stereocenters. The molecule has 14 heteroatoms. The molecule has 3 fully saturated rings. The van der Waals surface area contributed by atoms with E-state index in [1.54, 1.807) is 35.2 Å². The van der Waals surface area contributed by atoms with Gasteiger partial charge in [-0.25, -0.2) is 14.5 Å². The van der Waals surface area contributed by atoms with Crippen molar-refractivity contribution in [3.05, 3.63) is 71.3 Å². The first-order chi connectivity index (χ1) is 29.4. The number of carbonyl (C=O) groups excluding carboxylic acids is 5. The number of nitrogens with zero attached hydrogens (tertiary/aromatic N) is 3. The van der Waals surface area contributed by atoms with E-state index in [4.69, 9.17) is 13.9 Å². The maximum atomic E-state index is 14.3. The largest absolute Gasteiger partial charge is 0.542 e. The van der Waals surface area contributed by atoms with Crippen LogP contribution in [0.5, 0.6) is 5.75 Å². The highest BCUT2D eigenvalue weighted by molar-refractivity contribution is 6.78. The van der Waals surface area contributed by atoms with Crippen molar-refractivity contribution in [2.45, 2.75) is 155 Å². The van der Waals surface area contributed by atoms with Crippen LogP contribution in [0.1, 0.15) is 121 Å². The van der Waals surface area contributed by atoms with Crippen molar-refractivity contribution in [2.24, 2.45) is 11.3 Å². The minimum atomic E-state index is -2.44. The maximum Gasteiger partial charge on any atom is 0.416 e. The summed E-state index contributed by atoms with van der Waals surface area (Å²) < 4.78 is 18.2. The van der Waals surface area contributed by atoms with Crippen molar-refractivity contribution in [1.29, 1.82) is 0 Å². The third kappa shape index (κ3) is 9.32. The number of hydrogen-bond acceptors (Lipinski definition) is 9. The van der Waals surface area contributed by atoms with Crippen LogP contribution in [0.25, 0.3) is 0 Å². The summed E-state index contributed by atoms with van der Waals surface area (Å²) in [6, 6.07) is 8.68. The minimum absolute atomic E-state index is 0.0228. The molecule has 0 radical (unpaired) electrons. The lowest BCUT2D eigenvalue weighted by molar-refractivity contribution is -0.131. The van der Waals surface area contributed by atoms with Crippen molar-refractivity contribution in [2.75, 3.05) is 24.6 Å². The fourth-order valence-electron chi connectivity index (χ4n) is 10.3. The molecule has 4 amide bonds. The van der Waals surface area contributed by atoms with Gasteiger partial charge < -0.3 is 29.2 Å². The number of hydrogen-bond donors (Lipinski definition) is 2. The van der Waals surface area contributed by atoms with E-state index in [1.807, 2.05) is 26.8 Å². The van der Waals surface area contributed by atoms with Gasteiger partial charge in [0.2, 0.25) is 5.91 Å². The minimum Gasteiger partial charge on any atom is -0.542 e. The lowest BCUT2D eigenvalue weighted by atomic mass is 9.91. The summed E-state index contributed by atoms with van der Waals surface area (Å²) in [6.45, 7) is 23.5. The van der Waals surface area contributed by atoms with E-state index in [0.717, 1.165) is 24.0 Å². The molecule has 1 spiro atoms. The number of ketones is 1. The number of aliphatic hydroxyl groups is 1. The molecule has 1 unspecified atom stereocenters. The van der Waals surface area contributed by atoms with E-state index >= 15 is 0 Å². The first-order valence-electron chi connectivity index (χ1n) is 22.6. The van der Waals surface area contributed by atoms with Crippen LogP contribution in [0.2, 0.25) is 16.6 Å². The number of amides is 4. The Balaban J connectivity index is 1.18. The average Bonchev–Trinajstić information content (AvgIpc) is 3.63. The Labute approximate surface area is 368 Å². The monoisotopic (exact) mass is 872 g/mol. The quantitative estimate of drug-likeness (QED) is 0.125. The van der Waals surface area contributed by atoms with Crippen LogP contribution in [0.4, 0.5) is 15.3 Å². The van der Waals surface area contributed by atoms with Crippen molar-refractivity contribution < 1.29 is 43.0 Å². The molecule has 62 heavy (non-hydrogen) atoms. The molecule has 2 N–H and O–H groups in total. The van der Waals surface area contributed by atoms with E-state index in [0.29, 0.717) is 55.6 Å². The molecular formula is C48H68N4O9Si. The van der Waals surface area contributed by atoms with Crippen LogP contribution >= 0.6 is 0 Å². The Morgan fingerprint density at radius 3 is 2.21 bits per heavy atom. The number of ether oxygens (including phenoxy) is 2. The zero-order chi connectivity index (χ0) is 45.3. The molecule has 1 saturated carbocycles. The van der Waals surface area contributed by atoms with Gasteiger partial charge in [0.25, 0.3) is 14.2 Å². The summed E-state index contributed by atoms with van der Waals surface area (Å²) in [4.78, 5) is 72.9. The number of aryl methyl sites for hydroxylation is 1. The number of carbonyl (C=O) groups is 5. The van der Waals surface area contributed by atoms with Gasteiger partial charge in [0.15, 0.2) is 12.0 Å². The zero-order valence-electron chi connectivity index (χ0n) is 38.2. The Hall–Kier alpha value is -4.69. The van der Waals surface area contributed by atoms with E-state index < -0.39 is 44.9 Å². The van der Waals surface area contributed by atoms with E-state index in [9.17, 15) is 29.1 Å². The smallest absolute Gasteiger partial charge is 0.416 e. The predicted octanol–water partition coefficient (Wildman–Crippen LogP) is 8.45. The average molecular weight is 873 g/mol. The van der Waals surface area contributed by atoms with Gasteiger partial charge in [0, 0.05) is 25.6 Å². The highest BCUT2D eigenvalue weighted by Gasteiger charge is 2.58. The molecule has 6 rings (SSSR count). The van der Waals surface area contributed by atoms with Crippen LogP contribution < -0.4 is 14.6 Å². The van der Waals surface area contributed by atoms with E-state index in [2.05, 4.69) is 53.4 Å². The van der Waals surface area contributed by atoms with Gasteiger partial charge >= 0.3 is 12.2 Å². The van der Waals surface area contributed by atoms with Gasteiger partial charge in [-0.1, -0.05) is 98.7 Å². The summed E-state index contributed by atoms with van der Waals surface area (Å²) in [5, 5.41) is 15.0. The molecule has 2 saturated heterocycles. The fourth-order valence-corrected chi connectivity index (χ4v) is 15.6. The third-order valence-electron chi connectivity index (χ3n) is 14.1. The number of aliphatic hydroxyl groups excluding tert-OH is 1. The second-order valence-electron chi connectivity index (χ2n) is 19.1. The van der Waals surface area contributed by atoms with E-state index in [-0.39, 0.29) is 70.9 Å². The summed E-state index contributed by atoms with van der Waals surface area (Å²) in [7, 11) is -2.44. The fraction of sp³-hybridized carbons (Fsp3) is 0.604. The molecular weight excluding hydrogens is 805 g/mol. The summed E-state index contributed by atoms with van der Waals surface area (Å²) in [6.07, 6.45) is 3.22. The van der Waals surface area contributed by atoms with Crippen molar-refractivity contribution >= 4 is 43.8 Å². The molecule has 0 bridgehead atoms. The number of benzene rings is 2. The number of rotatable bonds is 16. The van der Waals surface area contributed by atoms with Crippen molar-refractivity contribution in [1.82, 2.24) is 15.1 Å². The van der Waals surface area contributed by atoms with Gasteiger partial charge in [-0.2, -0.15) is 0 Å². The lowest BCUT2D eigenvalue weighted by Gasteiger charge is -2.42. The molecule has 13 nitrogen and oxygen atoms in total. The Morgan fingerprint density at radius 2 is 1.61 bits per heavy atom. The van der Waals surface area contributed by atoms with Crippen LogP contribution in [0, 0.1) is 18.3 Å². The molecule has 2 aromatic rings.